The summed E-state index contributed by atoms with van der Waals surface area (Å²) < 4.78 is 5.80. The van der Waals surface area contributed by atoms with Gasteiger partial charge in [-0.05, 0) is 32.0 Å². The maximum atomic E-state index is 12.3. The van der Waals surface area contributed by atoms with Crippen LogP contribution in [0.4, 0.5) is 4.79 Å². The van der Waals surface area contributed by atoms with Crippen LogP contribution in [0.1, 0.15) is 51.3 Å². The van der Waals surface area contributed by atoms with Gasteiger partial charge in [0.25, 0.3) is 0 Å². The highest BCUT2D eigenvalue weighted by atomic mass is 32.1. The molecule has 1 aromatic rings. The molecule has 2 rings (SSSR count). The van der Waals surface area contributed by atoms with E-state index >= 15 is 0 Å². The molecule has 1 amide bonds. The highest BCUT2D eigenvalue weighted by Crippen LogP contribution is 2.40. The van der Waals surface area contributed by atoms with E-state index in [1.165, 1.54) is 0 Å². The molecule has 20 heavy (non-hydrogen) atoms. The predicted molar refractivity (Wildman–Crippen MR) is 78.9 cm³/mol. The van der Waals surface area contributed by atoms with Crippen LogP contribution in [0.5, 0.6) is 0 Å². The first kappa shape index (κ1) is 15.0. The predicted octanol–water partition coefficient (Wildman–Crippen LogP) is 3.52. The Morgan fingerprint density at radius 1 is 1.60 bits per heavy atom. The number of hydrogen-bond donors (Lipinski definition) is 1. The van der Waals surface area contributed by atoms with Crippen LogP contribution in [0.25, 0.3) is 0 Å². The second-order valence-electron chi connectivity index (χ2n) is 5.26. The van der Waals surface area contributed by atoms with Crippen molar-refractivity contribution in [3.8, 4) is 0 Å². The summed E-state index contributed by atoms with van der Waals surface area (Å²) in [4.78, 5) is 21.3. The molecular formula is C14H21N3O2S. The number of rotatable bonds is 4. The number of aromatic nitrogens is 2. The molecule has 0 bridgehead atoms. The number of aromatic amines is 1. The lowest BCUT2D eigenvalue weighted by atomic mass is 9.92. The molecule has 0 saturated carbocycles. The van der Waals surface area contributed by atoms with Gasteiger partial charge >= 0.3 is 6.09 Å². The molecule has 1 N–H and O–H groups in total. The number of unbranched alkanes of at least 4 members (excludes halogenated alkanes) is 1. The Kier molecular flexibility index (Phi) is 4.42. The van der Waals surface area contributed by atoms with Gasteiger partial charge in [0.05, 0.1) is 18.7 Å². The average molecular weight is 295 g/mol. The van der Waals surface area contributed by atoms with Crippen molar-refractivity contribution in [3.63, 3.8) is 0 Å². The minimum atomic E-state index is -0.384. The van der Waals surface area contributed by atoms with Crippen molar-refractivity contribution >= 4 is 18.3 Å². The average Bonchev–Trinajstić information content (AvgIpc) is 2.72. The molecule has 5 nitrogen and oxygen atoms in total. The van der Waals surface area contributed by atoms with Crippen molar-refractivity contribution in [2.24, 2.45) is 0 Å². The van der Waals surface area contributed by atoms with Crippen molar-refractivity contribution in [3.05, 3.63) is 22.2 Å². The molecule has 1 atom stereocenters. The topological polar surface area (TPSA) is 58.2 Å². The number of nitrogens with zero attached hydrogens (tertiary/aromatic N) is 2. The fourth-order valence-corrected chi connectivity index (χ4v) is 2.70. The van der Waals surface area contributed by atoms with Gasteiger partial charge in [-0.15, -0.1) is 0 Å². The SMILES string of the molecule is CCCCOC(=O)N1Cc2[nH]c(=S)ncc2C1(C)CC. The van der Waals surface area contributed by atoms with E-state index in [4.69, 9.17) is 17.0 Å². The van der Waals surface area contributed by atoms with Gasteiger partial charge in [0, 0.05) is 17.5 Å². The molecule has 0 radical (unpaired) electrons. The molecule has 0 aromatic carbocycles. The van der Waals surface area contributed by atoms with E-state index in [9.17, 15) is 4.79 Å². The second-order valence-corrected chi connectivity index (χ2v) is 5.65. The third kappa shape index (κ3) is 2.57. The molecule has 1 unspecified atom stereocenters. The summed E-state index contributed by atoms with van der Waals surface area (Å²) in [5, 5.41) is 0. The number of hydrogen-bond acceptors (Lipinski definition) is 4. The third-order valence-electron chi connectivity index (χ3n) is 4.02. The Morgan fingerprint density at radius 3 is 3.00 bits per heavy atom. The summed E-state index contributed by atoms with van der Waals surface area (Å²) >= 11 is 5.05. The van der Waals surface area contributed by atoms with Gasteiger partial charge in [-0.2, -0.15) is 0 Å². The minimum absolute atomic E-state index is 0.265. The summed E-state index contributed by atoms with van der Waals surface area (Å²) in [7, 11) is 0. The monoisotopic (exact) mass is 295 g/mol. The zero-order valence-electron chi connectivity index (χ0n) is 12.2. The molecule has 110 valence electrons. The lowest BCUT2D eigenvalue weighted by molar-refractivity contribution is 0.0577. The highest BCUT2D eigenvalue weighted by Gasteiger charge is 2.44. The smallest absolute Gasteiger partial charge is 0.410 e. The normalized spacial score (nSPS) is 20.9. The van der Waals surface area contributed by atoms with Gasteiger partial charge in [-0.1, -0.05) is 20.3 Å². The Hall–Kier alpha value is -1.43. The minimum Gasteiger partial charge on any atom is -0.449 e. The van der Waals surface area contributed by atoms with Gasteiger partial charge in [-0.3, -0.25) is 4.90 Å². The molecule has 0 spiro atoms. The van der Waals surface area contributed by atoms with Crippen LogP contribution in [0.15, 0.2) is 6.20 Å². The molecule has 0 saturated heterocycles. The van der Waals surface area contributed by atoms with Crippen molar-refractivity contribution in [2.45, 2.75) is 52.1 Å². The summed E-state index contributed by atoms with van der Waals surface area (Å²) in [6.45, 7) is 7.13. The van der Waals surface area contributed by atoms with Crippen LogP contribution in [0.2, 0.25) is 0 Å². The van der Waals surface area contributed by atoms with E-state index in [0.717, 1.165) is 30.5 Å². The number of carbonyl (C=O) groups is 1. The highest BCUT2D eigenvalue weighted by molar-refractivity contribution is 7.71. The largest absolute Gasteiger partial charge is 0.449 e. The van der Waals surface area contributed by atoms with Crippen molar-refractivity contribution in [1.82, 2.24) is 14.9 Å². The first-order valence-corrected chi connectivity index (χ1v) is 7.46. The van der Waals surface area contributed by atoms with Crippen LogP contribution in [0, 0.1) is 4.77 Å². The van der Waals surface area contributed by atoms with Crippen LogP contribution < -0.4 is 0 Å². The number of carbonyl (C=O) groups excluding carboxylic acids is 1. The third-order valence-corrected chi connectivity index (χ3v) is 4.23. The van der Waals surface area contributed by atoms with E-state index in [-0.39, 0.29) is 11.6 Å². The van der Waals surface area contributed by atoms with Crippen molar-refractivity contribution in [1.29, 1.82) is 0 Å². The Bertz CT molecular complexity index is 558. The van der Waals surface area contributed by atoms with Gasteiger partial charge in [0.15, 0.2) is 4.77 Å². The molecule has 1 aliphatic rings. The summed E-state index contributed by atoms with van der Waals surface area (Å²) in [5.74, 6) is 0. The Labute approximate surface area is 124 Å². The molecular weight excluding hydrogens is 274 g/mol. The maximum Gasteiger partial charge on any atom is 0.410 e. The number of H-pyrrole nitrogens is 1. The first-order chi connectivity index (χ1) is 9.52. The number of nitrogens with one attached hydrogen (secondary N) is 1. The Morgan fingerprint density at radius 2 is 2.35 bits per heavy atom. The van der Waals surface area contributed by atoms with E-state index in [1.807, 2.05) is 6.92 Å². The molecule has 1 aromatic heterocycles. The first-order valence-electron chi connectivity index (χ1n) is 7.06. The number of amides is 1. The number of ether oxygens (including phenoxy) is 1. The van der Waals surface area contributed by atoms with Crippen LogP contribution in [0.3, 0.4) is 0 Å². The van der Waals surface area contributed by atoms with Crippen LogP contribution in [-0.2, 0) is 16.8 Å². The van der Waals surface area contributed by atoms with Gasteiger partial charge in [0.2, 0.25) is 0 Å². The Balaban J connectivity index is 2.24. The standard InChI is InChI=1S/C14H21N3O2S/c1-4-6-7-19-13(18)17-9-11-10(14(17,3)5-2)8-15-12(20)16-11/h8H,4-7,9H2,1-3H3,(H,15,16,20). The van der Waals surface area contributed by atoms with Crippen molar-refractivity contribution in [2.75, 3.05) is 6.61 Å². The van der Waals surface area contributed by atoms with E-state index in [1.54, 1.807) is 11.1 Å². The molecule has 2 heterocycles. The molecule has 6 heteroatoms. The number of fused-ring (bicyclic) bond motifs is 1. The lowest BCUT2D eigenvalue weighted by Crippen LogP contribution is -2.42. The summed E-state index contributed by atoms with van der Waals surface area (Å²) in [5.41, 5.74) is 1.60. The lowest BCUT2D eigenvalue weighted by Gasteiger charge is -2.33. The molecule has 0 fully saturated rings. The van der Waals surface area contributed by atoms with Crippen LogP contribution >= 0.6 is 12.2 Å². The van der Waals surface area contributed by atoms with Crippen molar-refractivity contribution < 1.29 is 9.53 Å². The zero-order valence-corrected chi connectivity index (χ0v) is 13.0. The fraction of sp³-hybridized carbons (Fsp3) is 0.643. The van der Waals surface area contributed by atoms with E-state index < -0.39 is 0 Å². The molecule has 0 aliphatic carbocycles. The van der Waals surface area contributed by atoms with Gasteiger partial charge in [0.1, 0.15) is 0 Å². The maximum absolute atomic E-state index is 12.3. The zero-order chi connectivity index (χ0) is 14.8. The quantitative estimate of drug-likeness (QED) is 0.682. The second kappa shape index (κ2) is 5.91. The molecule has 1 aliphatic heterocycles. The van der Waals surface area contributed by atoms with Gasteiger partial charge < -0.3 is 9.72 Å². The summed E-state index contributed by atoms with van der Waals surface area (Å²) in [6.07, 6.45) is 4.21. The summed E-state index contributed by atoms with van der Waals surface area (Å²) in [6, 6.07) is 0. The van der Waals surface area contributed by atoms with Gasteiger partial charge in [-0.25, -0.2) is 9.78 Å². The van der Waals surface area contributed by atoms with E-state index in [2.05, 4.69) is 23.8 Å². The van der Waals surface area contributed by atoms with Crippen LogP contribution in [-0.4, -0.2) is 27.6 Å². The fourth-order valence-electron chi connectivity index (χ4n) is 2.53. The van der Waals surface area contributed by atoms with E-state index in [0.29, 0.717) is 17.9 Å².